The topological polar surface area (TPSA) is 84.9 Å². The van der Waals surface area contributed by atoms with E-state index < -0.39 is 18.5 Å². The maximum Gasteiger partial charge on any atom is 0.226 e. The Morgan fingerprint density at radius 3 is 2.59 bits per heavy atom. The van der Waals surface area contributed by atoms with Crippen LogP contribution in [0, 0.1) is 5.92 Å². The monoisotopic (exact) mass is 239 g/mol. The van der Waals surface area contributed by atoms with E-state index >= 15 is 0 Å². The molecule has 17 heavy (non-hydrogen) atoms. The van der Waals surface area contributed by atoms with Gasteiger partial charge in [0.2, 0.25) is 6.29 Å². The van der Waals surface area contributed by atoms with E-state index in [1.165, 1.54) is 0 Å². The third-order valence-corrected chi connectivity index (χ3v) is 2.99. The van der Waals surface area contributed by atoms with Crippen LogP contribution in [0.25, 0.3) is 0 Å². The Balaban J connectivity index is 2.01. The number of hydrogen-bond acceptors (Lipinski definition) is 5. The number of aliphatic hydroxyl groups is 2. The van der Waals surface area contributed by atoms with Gasteiger partial charge in [0.1, 0.15) is 11.9 Å². The molecular formula is C12H17NO4. The van der Waals surface area contributed by atoms with Crippen molar-refractivity contribution >= 4 is 5.69 Å². The minimum atomic E-state index is -0.851. The largest absolute Gasteiger partial charge is 0.462 e. The first-order valence-electron chi connectivity index (χ1n) is 5.58. The average molecular weight is 239 g/mol. The lowest BCUT2D eigenvalue weighted by molar-refractivity contribution is -0.221. The van der Waals surface area contributed by atoms with Crippen LogP contribution in [0.1, 0.15) is 6.92 Å². The Hall–Kier alpha value is -1.30. The van der Waals surface area contributed by atoms with E-state index in [4.69, 9.17) is 15.2 Å². The standard InChI is InChI=1S/C12H17NO4/c1-7-10(14)6-16-12(11(7)15)17-9-4-2-8(13)3-5-9/h2-5,7,10-12,14-15H,6,13H2,1H3/t7?,10?,11?,12-/m1/s1. The van der Waals surface area contributed by atoms with Gasteiger partial charge in [0.25, 0.3) is 0 Å². The number of benzene rings is 1. The number of anilines is 1. The van der Waals surface area contributed by atoms with Crippen LogP contribution >= 0.6 is 0 Å². The first-order valence-corrected chi connectivity index (χ1v) is 5.58. The zero-order valence-corrected chi connectivity index (χ0v) is 9.61. The lowest BCUT2D eigenvalue weighted by Crippen LogP contribution is -2.50. The first kappa shape index (κ1) is 12.2. The normalized spacial score (nSPS) is 33.4. The summed E-state index contributed by atoms with van der Waals surface area (Å²) >= 11 is 0. The van der Waals surface area contributed by atoms with Crippen molar-refractivity contribution in [1.82, 2.24) is 0 Å². The van der Waals surface area contributed by atoms with Gasteiger partial charge >= 0.3 is 0 Å². The van der Waals surface area contributed by atoms with Crippen molar-refractivity contribution in [3.8, 4) is 5.75 Å². The van der Waals surface area contributed by atoms with E-state index in [0.29, 0.717) is 11.4 Å². The summed E-state index contributed by atoms with van der Waals surface area (Å²) in [4.78, 5) is 0. The summed E-state index contributed by atoms with van der Waals surface area (Å²) in [5.41, 5.74) is 6.20. The molecule has 0 aliphatic carbocycles. The van der Waals surface area contributed by atoms with Crippen molar-refractivity contribution in [2.24, 2.45) is 5.92 Å². The highest BCUT2D eigenvalue weighted by Crippen LogP contribution is 2.24. The lowest BCUT2D eigenvalue weighted by atomic mass is 9.96. The molecule has 0 spiro atoms. The smallest absolute Gasteiger partial charge is 0.226 e. The molecule has 0 aromatic heterocycles. The van der Waals surface area contributed by atoms with Gasteiger partial charge in [-0.1, -0.05) is 6.92 Å². The maximum atomic E-state index is 9.89. The number of aliphatic hydroxyl groups excluding tert-OH is 2. The second-order valence-corrected chi connectivity index (χ2v) is 4.31. The number of nitrogens with two attached hydrogens (primary N) is 1. The van der Waals surface area contributed by atoms with Gasteiger partial charge < -0.3 is 25.4 Å². The Morgan fingerprint density at radius 2 is 1.94 bits per heavy atom. The lowest BCUT2D eigenvalue weighted by Gasteiger charge is -2.35. The third-order valence-electron chi connectivity index (χ3n) is 2.99. The fourth-order valence-electron chi connectivity index (χ4n) is 1.70. The van der Waals surface area contributed by atoms with Gasteiger partial charge in [-0.25, -0.2) is 0 Å². The molecule has 1 fully saturated rings. The second kappa shape index (κ2) is 4.91. The Kier molecular flexibility index (Phi) is 3.51. The van der Waals surface area contributed by atoms with E-state index in [-0.39, 0.29) is 12.5 Å². The van der Waals surface area contributed by atoms with E-state index in [0.717, 1.165) is 0 Å². The molecule has 1 aromatic carbocycles. The molecule has 5 heteroatoms. The SMILES string of the molecule is CC1C(O)CO[C@H](Oc2ccc(N)cc2)C1O. The highest BCUT2D eigenvalue weighted by atomic mass is 16.7. The molecule has 1 aliphatic heterocycles. The van der Waals surface area contributed by atoms with Crippen LogP contribution in [0.3, 0.4) is 0 Å². The molecule has 1 saturated heterocycles. The molecule has 3 unspecified atom stereocenters. The predicted molar refractivity (Wildman–Crippen MR) is 62.4 cm³/mol. The molecule has 1 aromatic rings. The first-order chi connectivity index (χ1) is 8.08. The Morgan fingerprint density at radius 1 is 1.29 bits per heavy atom. The highest BCUT2D eigenvalue weighted by molar-refractivity contribution is 5.41. The fourth-order valence-corrected chi connectivity index (χ4v) is 1.70. The summed E-state index contributed by atoms with van der Waals surface area (Å²) in [6.07, 6.45) is -2.26. The van der Waals surface area contributed by atoms with Crippen LogP contribution in [-0.2, 0) is 4.74 Å². The number of hydrogen-bond donors (Lipinski definition) is 3. The van der Waals surface area contributed by atoms with E-state index in [1.54, 1.807) is 31.2 Å². The van der Waals surface area contributed by atoms with Gasteiger partial charge in [0.05, 0.1) is 12.7 Å². The van der Waals surface area contributed by atoms with E-state index in [9.17, 15) is 10.2 Å². The summed E-state index contributed by atoms with van der Waals surface area (Å²) in [5.74, 6) is 0.300. The molecule has 1 heterocycles. The molecule has 94 valence electrons. The second-order valence-electron chi connectivity index (χ2n) is 4.31. The molecule has 4 atom stereocenters. The van der Waals surface area contributed by atoms with Gasteiger partial charge in [-0.2, -0.15) is 0 Å². The van der Waals surface area contributed by atoms with Gasteiger partial charge in [-0.05, 0) is 24.3 Å². The maximum absolute atomic E-state index is 9.89. The molecule has 4 N–H and O–H groups in total. The van der Waals surface area contributed by atoms with Gasteiger partial charge in [-0.15, -0.1) is 0 Å². The van der Waals surface area contributed by atoms with Crippen molar-refractivity contribution in [2.45, 2.75) is 25.4 Å². The molecule has 1 aliphatic rings. The summed E-state index contributed by atoms with van der Waals surface area (Å²) in [6, 6.07) is 6.84. The minimum Gasteiger partial charge on any atom is -0.462 e. The van der Waals surface area contributed by atoms with Crippen LogP contribution in [0.2, 0.25) is 0 Å². The van der Waals surface area contributed by atoms with Gasteiger partial charge in [-0.3, -0.25) is 0 Å². The molecule has 2 rings (SSSR count). The van der Waals surface area contributed by atoms with Crippen LogP contribution in [0.5, 0.6) is 5.75 Å². The summed E-state index contributed by atoms with van der Waals surface area (Å²) in [7, 11) is 0. The zero-order valence-electron chi connectivity index (χ0n) is 9.61. The van der Waals surface area contributed by atoms with Crippen LogP contribution < -0.4 is 10.5 Å². The van der Waals surface area contributed by atoms with Crippen LogP contribution in [0.15, 0.2) is 24.3 Å². The zero-order chi connectivity index (χ0) is 12.4. The van der Waals surface area contributed by atoms with Crippen molar-refractivity contribution in [2.75, 3.05) is 12.3 Å². The molecule has 0 bridgehead atoms. The van der Waals surface area contributed by atoms with Crippen LogP contribution in [0.4, 0.5) is 5.69 Å². The Labute approximate surface area is 99.8 Å². The van der Waals surface area contributed by atoms with Crippen molar-refractivity contribution in [3.63, 3.8) is 0 Å². The molecule has 5 nitrogen and oxygen atoms in total. The predicted octanol–water partition coefficient (Wildman–Crippen LogP) is 0.362. The molecule has 0 amide bonds. The number of rotatable bonds is 2. The molecule has 0 radical (unpaired) electrons. The number of ether oxygens (including phenoxy) is 2. The fraction of sp³-hybridized carbons (Fsp3) is 0.500. The van der Waals surface area contributed by atoms with E-state index in [2.05, 4.69) is 0 Å². The highest BCUT2D eigenvalue weighted by Gasteiger charge is 2.37. The van der Waals surface area contributed by atoms with Gasteiger partial charge in [0, 0.05) is 11.6 Å². The summed E-state index contributed by atoms with van der Waals surface area (Å²) in [6.45, 7) is 1.93. The summed E-state index contributed by atoms with van der Waals surface area (Å²) in [5, 5.41) is 19.4. The van der Waals surface area contributed by atoms with Crippen molar-refractivity contribution < 1.29 is 19.7 Å². The van der Waals surface area contributed by atoms with E-state index in [1.807, 2.05) is 0 Å². The van der Waals surface area contributed by atoms with Crippen LogP contribution in [-0.4, -0.2) is 35.3 Å². The quantitative estimate of drug-likeness (QED) is 0.649. The minimum absolute atomic E-state index is 0.165. The average Bonchev–Trinajstić information content (AvgIpc) is 2.33. The number of nitrogen functional groups attached to an aromatic ring is 1. The molecule has 0 saturated carbocycles. The van der Waals surface area contributed by atoms with Crippen molar-refractivity contribution in [1.29, 1.82) is 0 Å². The van der Waals surface area contributed by atoms with Gasteiger partial charge in [0.15, 0.2) is 0 Å². The van der Waals surface area contributed by atoms with Crippen molar-refractivity contribution in [3.05, 3.63) is 24.3 Å². The summed E-state index contributed by atoms with van der Waals surface area (Å²) < 4.78 is 10.8. The Bertz CT molecular complexity index is 367. The third kappa shape index (κ3) is 2.69. The molecular weight excluding hydrogens is 222 g/mol.